The van der Waals surface area contributed by atoms with Crippen molar-refractivity contribution in [1.82, 2.24) is 4.31 Å². The Morgan fingerprint density at radius 3 is 2.56 bits per heavy atom. The molecular weight excluding hydrogens is 272 g/mol. The van der Waals surface area contributed by atoms with E-state index in [1.807, 2.05) is 6.07 Å². The van der Waals surface area contributed by atoms with E-state index in [1.54, 1.807) is 6.92 Å². The van der Waals surface area contributed by atoms with Crippen molar-refractivity contribution in [2.75, 3.05) is 13.1 Å². The van der Waals surface area contributed by atoms with Crippen molar-refractivity contribution < 1.29 is 13.5 Å². The molecule has 1 aromatic rings. The third-order valence-electron chi connectivity index (χ3n) is 3.09. The quantitative estimate of drug-likeness (QED) is 0.884. The summed E-state index contributed by atoms with van der Waals surface area (Å²) in [6, 6.07) is 4.91. The maximum atomic E-state index is 12.3. The first-order chi connectivity index (χ1) is 8.35. The SMILES string of the molecule is CC1(O)CCN(S(=O)(=O)c2ccc(C#N)s2)CC1. The zero-order chi connectivity index (χ0) is 13.4. The fourth-order valence-corrected chi connectivity index (χ4v) is 4.55. The normalized spacial score (nSPS) is 20.5. The van der Waals surface area contributed by atoms with Gasteiger partial charge >= 0.3 is 0 Å². The van der Waals surface area contributed by atoms with Crippen LogP contribution in [0.25, 0.3) is 0 Å². The van der Waals surface area contributed by atoms with Crippen LogP contribution in [-0.2, 0) is 10.0 Å². The van der Waals surface area contributed by atoms with Crippen molar-refractivity contribution in [3.63, 3.8) is 0 Å². The van der Waals surface area contributed by atoms with Crippen molar-refractivity contribution in [3.8, 4) is 6.07 Å². The summed E-state index contributed by atoms with van der Waals surface area (Å²) in [6.45, 7) is 2.35. The third kappa shape index (κ3) is 2.57. The van der Waals surface area contributed by atoms with Crippen LogP contribution in [-0.4, -0.2) is 36.5 Å². The van der Waals surface area contributed by atoms with E-state index < -0.39 is 15.6 Å². The summed E-state index contributed by atoms with van der Waals surface area (Å²) in [5, 5.41) is 18.5. The van der Waals surface area contributed by atoms with Gasteiger partial charge in [0.25, 0.3) is 10.0 Å². The number of thiophene rings is 1. The summed E-state index contributed by atoms with van der Waals surface area (Å²) < 4.78 is 26.1. The zero-order valence-corrected chi connectivity index (χ0v) is 11.6. The monoisotopic (exact) mass is 286 g/mol. The Kier molecular flexibility index (Phi) is 3.47. The maximum Gasteiger partial charge on any atom is 0.252 e. The number of nitrogens with zero attached hydrogens (tertiary/aromatic N) is 2. The molecule has 18 heavy (non-hydrogen) atoms. The number of hydrogen-bond acceptors (Lipinski definition) is 5. The average Bonchev–Trinajstić information content (AvgIpc) is 2.77. The molecule has 0 saturated carbocycles. The van der Waals surface area contributed by atoms with Gasteiger partial charge < -0.3 is 5.11 Å². The average molecular weight is 286 g/mol. The zero-order valence-electron chi connectivity index (χ0n) is 9.96. The molecule has 1 aromatic heterocycles. The highest BCUT2D eigenvalue weighted by Gasteiger charge is 2.34. The van der Waals surface area contributed by atoms with Gasteiger partial charge in [0, 0.05) is 13.1 Å². The van der Waals surface area contributed by atoms with E-state index in [1.165, 1.54) is 16.4 Å². The fourth-order valence-electron chi connectivity index (χ4n) is 1.85. The van der Waals surface area contributed by atoms with E-state index in [0.717, 1.165) is 11.3 Å². The van der Waals surface area contributed by atoms with Crippen molar-refractivity contribution in [2.45, 2.75) is 29.6 Å². The lowest BCUT2D eigenvalue weighted by Gasteiger charge is -2.34. The fraction of sp³-hybridized carbons (Fsp3) is 0.545. The minimum Gasteiger partial charge on any atom is -0.390 e. The predicted octanol–water partition coefficient (Wildman–Crippen LogP) is 1.16. The largest absolute Gasteiger partial charge is 0.390 e. The topological polar surface area (TPSA) is 81.4 Å². The molecule has 7 heteroatoms. The minimum absolute atomic E-state index is 0.195. The van der Waals surface area contributed by atoms with Crippen LogP contribution in [0.2, 0.25) is 0 Å². The lowest BCUT2D eigenvalue weighted by atomic mass is 9.95. The van der Waals surface area contributed by atoms with Gasteiger partial charge in [0.2, 0.25) is 0 Å². The highest BCUT2D eigenvalue weighted by Crippen LogP contribution is 2.29. The summed E-state index contributed by atoms with van der Waals surface area (Å²) in [4.78, 5) is 0.387. The van der Waals surface area contributed by atoms with Crippen molar-refractivity contribution in [1.29, 1.82) is 5.26 Å². The molecule has 1 fully saturated rings. The van der Waals surface area contributed by atoms with Gasteiger partial charge in [-0.25, -0.2) is 8.42 Å². The molecule has 0 bridgehead atoms. The highest BCUT2D eigenvalue weighted by atomic mass is 32.2. The molecule has 2 heterocycles. The summed E-state index contributed by atoms with van der Waals surface area (Å²) in [5.41, 5.74) is -0.778. The molecule has 2 rings (SSSR count). The van der Waals surface area contributed by atoms with Crippen LogP contribution in [0.1, 0.15) is 24.6 Å². The molecule has 0 amide bonds. The molecule has 1 aliphatic rings. The standard InChI is InChI=1S/C11H14N2O3S2/c1-11(14)4-6-13(7-5-11)18(15,16)10-3-2-9(8-12)17-10/h2-3,14H,4-7H2,1H3. The van der Waals surface area contributed by atoms with E-state index in [2.05, 4.69) is 0 Å². The van der Waals surface area contributed by atoms with Gasteiger partial charge in [-0.15, -0.1) is 11.3 Å². The lowest BCUT2D eigenvalue weighted by Crippen LogP contribution is -2.44. The van der Waals surface area contributed by atoms with Crippen molar-refractivity contribution >= 4 is 21.4 Å². The van der Waals surface area contributed by atoms with Crippen LogP contribution in [0.5, 0.6) is 0 Å². The first kappa shape index (κ1) is 13.5. The Hall–Kier alpha value is -0.940. The smallest absolute Gasteiger partial charge is 0.252 e. The Morgan fingerprint density at radius 2 is 2.06 bits per heavy atom. The second-order valence-electron chi connectivity index (χ2n) is 4.63. The number of piperidine rings is 1. The molecule has 98 valence electrons. The van der Waals surface area contributed by atoms with E-state index in [0.29, 0.717) is 30.8 Å². The number of hydrogen-bond donors (Lipinski definition) is 1. The Morgan fingerprint density at radius 1 is 1.44 bits per heavy atom. The summed E-state index contributed by atoms with van der Waals surface area (Å²) in [6.07, 6.45) is 0.866. The lowest BCUT2D eigenvalue weighted by molar-refractivity contribution is 0.0126. The van der Waals surface area contributed by atoms with E-state index in [9.17, 15) is 13.5 Å². The maximum absolute atomic E-state index is 12.3. The van der Waals surface area contributed by atoms with Crippen LogP contribution < -0.4 is 0 Å². The van der Waals surface area contributed by atoms with Gasteiger partial charge in [-0.1, -0.05) is 0 Å². The number of nitriles is 1. The van der Waals surface area contributed by atoms with Gasteiger partial charge in [0.1, 0.15) is 15.2 Å². The van der Waals surface area contributed by atoms with Crippen LogP contribution >= 0.6 is 11.3 Å². The van der Waals surface area contributed by atoms with Gasteiger partial charge in [-0.2, -0.15) is 9.57 Å². The van der Waals surface area contributed by atoms with Crippen molar-refractivity contribution in [2.24, 2.45) is 0 Å². The molecule has 1 saturated heterocycles. The number of rotatable bonds is 2. The van der Waals surface area contributed by atoms with Crippen LogP contribution in [0.15, 0.2) is 16.3 Å². The first-order valence-corrected chi connectivity index (χ1v) is 7.83. The second-order valence-corrected chi connectivity index (χ2v) is 7.88. The minimum atomic E-state index is -3.51. The summed E-state index contributed by atoms with van der Waals surface area (Å²) >= 11 is 0.980. The third-order valence-corrected chi connectivity index (χ3v) is 6.44. The first-order valence-electron chi connectivity index (χ1n) is 5.58. The second kappa shape index (κ2) is 4.63. The molecule has 0 atom stereocenters. The molecule has 0 unspecified atom stereocenters. The van der Waals surface area contributed by atoms with E-state index in [-0.39, 0.29) is 4.21 Å². The predicted molar refractivity (Wildman–Crippen MR) is 67.7 cm³/mol. The Bertz CT molecular complexity index is 574. The van der Waals surface area contributed by atoms with E-state index in [4.69, 9.17) is 5.26 Å². The Balaban J connectivity index is 2.20. The molecule has 1 N–H and O–H groups in total. The van der Waals surface area contributed by atoms with Crippen LogP contribution in [0, 0.1) is 11.3 Å². The summed E-state index contributed by atoms with van der Waals surface area (Å²) in [7, 11) is -3.51. The molecular formula is C11H14N2O3S2. The molecule has 0 spiro atoms. The molecule has 5 nitrogen and oxygen atoms in total. The number of sulfonamides is 1. The molecule has 0 radical (unpaired) electrons. The molecule has 0 aromatic carbocycles. The van der Waals surface area contributed by atoms with Crippen molar-refractivity contribution in [3.05, 3.63) is 17.0 Å². The van der Waals surface area contributed by atoms with Gasteiger partial charge in [0.05, 0.1) is 5.60 Å². The van der Waals surface area contributed by atoms with E-state index >= 15 is 0 Å². The highest BCUT2D eigenvalue weighted by molar-refractivity contribution is 7.91. The molecule has 1 aliphatic heterocycles. The van der Waals surface area contributed by atoms with Crippen LogP contribution in [0.3, 0.4) is 0 Å². The van der Waals surface area contributed by atoms with Gasteiger partial charge in [-0.05, 0) is 31.9 Å². The Labute approximate surface area is 110 Å². The van der Waals surface area contributed by atoms with Gasteiger partial charge in [0.15, 0.2) is 0 Å². The molecule has 0 aliphatic carbocycles. The van der Waals surface area contributed by atoms with Crippen LogP contribution in [0.4, 0.5) is 0 Å². The summed E-state index contributed by atoms with van der Waals surface area (Å²) in [5.74, 6) is 0. The van der Waals surface area contributed by atoms with Gasteiger partial charge in [-0.3, -0.25) is 0 Å². The number of aliphatic hydroxyl groups is 1.